The Morgan fingerprint density at radius 1 is 1.16 bits per heavy atom. The van der Waals surface area contributed by atoms with Crippen LogP contribution in [-0.2, 0) is 0 Å². The highest BCUT2D eigenvalue weighted by Gasteiger charge is 2.31. The average Bonchev–Trinajstić information content (AvgIpc) is 2.42. The molecular weight excluding hydrogens is 232 g/mol. The standard InChI is InChI=1S/C17H34N2/c1-4-7-16-8-5-6-11-19(16)13-15-12-14(2)9-10-17(15)18-3/h14-18H,4-13H2,1-3H3. The summed E-state index contributed by atoms with van der Waals surface area (Å²) in [7, 11) is 2.16. The van der Waals surface area contributed by atoms with E-state index in [2.05, 4.69) is 31.1 Å². The molecule has 2 rings (SSSR count). The van der Waals surface area contributed by atoms with E-state index in [4.69, 9.17) is 0 Å². The van der Waals surface area contributed by atoms with E-state index in [-0.39, 0.29) is 0 Å². The van der Waals surface area contributed by atoms with E-state index in [0.29, 0.717) is 0 Å². The Labute approximate surface area is 120 Å². The summed E-state index contributed by atoms with van der Waals surface area (Å²) in [5.41, 5.74) is 0. The third kappa shape index (κ3) is 4.19. The molecule has 0 amide bonds. The van der Waals surface area contributed by atoms with Crippen molar-refractivity contribution in [3.8, 4) is 0 Å². The van der Waals surface area contributed by atoms with Crippen molar-refractivity contribution in [2.75, 3.05) is 20.1 Å². The number of hydrogen-bond acceptors (Lipinski definition) is 2. The molecule has 1 N–H and O–H groups in total. The molecule has 2 heteroatoms. The first kappa shape index (κ1) is 15.3. The van der Waals surface area contributed by atoms with Gasteiger partial charge in [-0.3, -0.25) is 0 Å². The van der Waals surface area contributed by atoms with Crippen molar-refractivity contribution in [1.82, 2.24) is 10.2 Å². The number of piperidine rings is 1. The maximum absolute atomic E-state index is 3.58. The highest BCUT2D eigenvalue weighted by molar-refractivity contribution is 4.87. The van der Waals surface area contributed by atoms with Gasteiger partial charge in [-0.25, -0.2) is 0 Å². The van der Waals surface area contributed by atoms with Crippen molar-refractivity contribution in [2.24, 2.45) is 11.8 Å². The Kier molecular flexibility index (Phi) is 6.15. The molecule has 1 aliphatic heterocycles. The van der Waals surface area contributed by atoms with Gasteiger partial charge in [0.05, 0.1) is 0 Å². The highest BCUT2D eigenvalue weighted by atomic mass is 15.2. The fourth-order valence-corrected chi connectivity index (χ4v) is 4.34. The quantitative estimate of drug-likeness (QED) is 0.817. The van der Waals surface area contributed by atoms with Crippen LogP contribution in [0, 0.1) is 11.8 Å². The molecule has 0 spiro atoms. The van der Waals surface area contributed by atoms with Gasteiger partial charge < -0.3 is 10.2 Å². The summed E-state index contributed by atoms with van der Waals surface area (Å²) in [5.74, 6) is 1.82. The van der Waals surface area contributed by atoms with Crippen LogP contribution < -0.4 is 5.32 Å². The van der Waals surface area contributed by atoms with E-state index in [0.717, 1.165) is 23.9 Å². The van der Waals surface area contributed by atoms with Gasteiger partial charge in [-0.05, 0) is 64.0 Å². The Morgan fingerprint density at radius 3 is 2.74 bits per heavy atom. The SMILES string of the molecule is CCCC1CCCCN1CC1CC(C)CCC1NC. The van der Waals surface area contributed by atoms with Gasteiger partial charge in [-0.2, -0.15) is 0 Å². The van der Waals surface area contributed by atoms with E-state index in [1.807, 2.05) is 0 Å². The molecule has 1 heterocycles. The molecular formula is C17H34N2. The first-order chi connectivity index (χ1) is 9.24. The molecule has 4 atom stereocenters. The molecule has 19 heavy (non-hydrogen) atoms. The molecule has 0 bridgehead atoms. The second-order valence-corrected chi connectivity index (χ2v) is 7.01. The Bertz CT molecular complexity index is 252. The average molecular weight is 266 g/mol. The van der Waals surface area contributed by atoms with Crippen LogP contribution >= 0.6 is 0 Å². The zero-order valence-corrected chi connectivity index (χ0v) is 13.3. The summed E-state index contributed by atoms with van der Waals surface area (Å²) < 4.78 is 0. The van der Waals surface area contributed by atoms with E-state index >= 15 is 0 Å². The van der Waals surface area contributed by atoms with Crippen LogP contribution in [0.1, 0.15) is 65.2 Å². The predicted octanol–water partition coefficient (Wildman–Crippen LogP) is 3.67. The lowest BCUT2D eigenvalue weighted by molar-refractivity contribution is 0.0855. The van der Waals surface area contributed by atoms with Crippen LogP contribution in [0.15, 0.2) is 0 Å². The van der Waals surface area contributed by atoms with Gasteiger partial charge in [-0.1, -0.05) is 26.7 Å². The lowest BCUT2D eigenvalue weighted by Crippen LogP contribution is -2.48. The van der Waals surface area contributed by atoms with Crippen LogP contribution in [-0.4, -0.2) is 37.1 Å². The van der Waals surface area contributed by atoms with Crippen molar-refractivity contribution >= 4 is 0 Å². The van der Waals surface area contributed by atoms with Gasteiger partial charge in [0.2, 0.25) is 0 Å². The summed E-state index contributed by atoms with van der Waals surface area (Å²) in [6.07, 6.45) is 11.3. The van der Waals surface area contributed by atoms with Gasteiger partial charge in [-0.15, -0.1) is 0 Å². The lowest BCUT2D eigenvalue weighted by Gasteiger charge is -2.42. The molecule has 2 aliphatic rings. The van der Waals surface area contributed by atoms with Crippen molar-refractivity contribution in [3.05, 3.63) is 0 Å². The first-order valence-corrected chi connectivity index (χ1v) is 8.65. The van der Waals surface area contributed by atoms with Gasteiger partial charge in [0.1, 0.15) is 0 Å². The molecule has 1 saturated heterocycles. The molecule has 2 nitrogen and oxygen atoms in total. The first-order valence-electron chi connectivity index (χ1n) is 8.65. The molecule has 0 radical (unpaired) electrons. The molecule has 0 aromatic heterocycles. The van der Waals surface area contributed by atoms with Crippen molar-refractivity contribution < 1.29 is 0 Å². The predicted molar refractivity (Wildman–Crippen MR) is 83.5 cm³/mol. The van der Waals surface area contributed by atoms with Gasteiger partial charge in [0.25, 0.3) is 0 Å². The lowest BCUT2D eigenvalue weighted by atomic mass is 9.78. The second kappa shape index (κ2) is 7.64. The summed E-state index contributed by atoms with van der Waals surface area (Å²) in [5, 5.41) is 3.58. The van der Waals surface area contributed by atoms with E-state index in [9.17, 15) is 0 Å². The summed E-state index contributed by atoms with van der Waals surface area (Å²) in [6, 6.07) is 1.65. The van der Waals surface area contributed by atoms with Crippen molar-refractivity contribution in [1.29, 1.82) is 0 Å². The fourth-order valence-electron chi connectivity index (χ4n) is 4.34. The number of hydrogen-bond donors (Lipinski definition) is 1. The van der Waals surface area contributed by atoms with E-state index in [1.165, 1.54) is 64.5 Å². The summed E-state index contributed by atoms with van der Waals surface area (Å²) in [6.45, 7) is 7.48. The maximum atomic E-state index is 3.58. The van der Waals surface area contributed by atoms with E-state index < -0.39 is 0 Å². The Hall–Kier alpha value is -0.0800. The monoisotopic (exact) mass is 266 g/mol. The zero-order valence-electron chi connectivity index (χ0n) is 13.3. The fraction of sp³-hybridized carbons (Fsp3) is 1.00. The molecule has 0 aromatic rings. The van der Waals surface area contributed by atoms with Crippen molar-refractivity contribution in [3.63, 3.8) is 0 Å². The number of nitrogens with zero attached hydrogens (tertiary/aromatic N) is 1. The largest absolute Gasteiger partial charge is 0.317 e. The maximum Gasteiger partial charge on any atom is 0.0105 e. The Balaban J connectivity index is 1.92. The van der Waals surface area contributed by atoms with Crippen LogP contribution in [0.2, 0.25) is 0 Å². The minimum absolute atomic E-state index is 0.764. The Morgan fingerprint density at radius 2 is 2.00 bits per heavy atom. The second-order valence-electron chi connectivity index (χ2n) is 7.01. The van der Waals surface area contributed by atoms with Crippen molar-refractivity contribution in [2.45, 2.75) is 77.3 Å². The van der Waals surface area contributed by atoms with Crippen LogP contribution in [0.4, 0.5) is 0 Å². The molecule has 1 aliphatic carbocycles. The third-order valence-corrected chi connectivity index (χ3v) is 5.46. The minimum Gasteiger partial charge on any atom is -0.317 e. The third-order valence-electron chi connectivity index (χ3n) is 5.46. The summed E-state index contributed by atoms with van der Waals surface area (Å²) in [4.78, 5) is 2.83. The van der Waals surface area contributed by atoms with Crippen LogP contribution in [0.3, 0.4) is 0 Å². The number of nitrogens with one attached hydrogen (secondary N) is 1. The molecule has 112 valence electrons. The summed E-state index contributed by atoms with van der Waals surface area (Å²) >= 11 is 0. The van der Waals surface area contributed by atoms with Crippen LogP contribution in [0.25, 0.3) is 0 Å². The number of likely N-dealkylation sites (tertiary alicyclic amines) is 1. The molecule has 4 unspecified atom stereocenters. The van der Waals surface area contributed by atoms with E-state index in [1.54, 1.807) is 0 Å². The van der Waals surface area contributed by atoms with Gasteiger partial charge >= 0.3 is 0 Å². The van der Waals surface area contributed by atoms with Crippen LogP contribution in [0.5, 0.6) is 0 Å². The normalized spacial score (nSPS) is 37.4. The molecule has 1 saturated carbocycles. The highest BCUT2D eigenvalue weighted by Crippen LogP contribution is 2.31. The number of rotatable bonds is 5. The molecule has 2 fully saturated rings. The molecule has 0 aromatic carbocycles. The van der Waals surface area contributed by atoms with Gasteiger partial charge in [0, 0.05) is 18.6 Å². The van der Waals surface area contributed by atoms with Gasteiger partial charge in [0.15, 0.2) is 0 Å². The topological polar surface area (TPSA) is 15.3 Å². The smallest absolute Gasteiger partial charge is 0.0105 e. The minimum atomic E-state index is 0.764. The zero-order chi connectivity index (χ0) is 13.7.